The van der Waals surface area contributed by atoms with Gasteiger partial charge in [0.25, 0.3) is 0 Å². The number of halogens is 1. The van der Waals surface area contributed by atoms with Crippen LogP contribution in [0, 0.1) is 0 Å². The summed E-state index contributed by atoms with van der Waals surface area (Å²) in [6, 6.07) is 6.08. The Morgan fingerprint density at radius 3 is 3.07 bits per heavy atom. The van der Waals surface area contributed by atoms with E-state index in [-0.39, 0.29) is 12.3 Å². The van der Waals surface area contributed by atoms with Crippen LogP contribution in [-0.2, 0) is 11.2 Å². The van der Waals surface area contributed by atoms with Crippen LogP contribution in [0.3, 0.4) is 0 Å². The van der Waals surface area contributed by atoms with Gasteiger partial charge in [-0.25, -0.2) is 0 Å². The van der Waals surface area contributed by atoms with E-state index in [9.17, 15) is 4.79 Å². The van der Waals surface area contributed by atoms with Gasteiger partial charge < -0.3 is 5.11 Å². The lowest BCUT2D eigenvalue weighted by Crippen LogP contribution is -2.03. The predicted octanol–water partition coefficient (Wildman–Crippen LogP) is 2.95. The molecule has 0 aromatic heterocycles. The van der Waals surface area contributed by atoms with Crippen molar-refractivity contribution in [3.05, 3.63) is 33.8 Å². The molecule has 0 spiro atoms. The van der Waals surface area contributed by atoms with E-state index in [2.05, 4.69) is 22.0 Å². The van der Waals surface area contributed by atoms with E-state index < -0.39 is 5.97 Å². The molecule has 3 heteroatoms. The first-order valence-electron chi connectivity index (χ1n) is 4.67. The lowest BCUT2D eigenvalue weighted by Gasteiger charge is -2.10. The Bertz CT molecular complexity index is 374. The van der Waals surface area contributed by atoms with Gasteiger partial charge in [-0.2, -0.15) is 0 Å². The van der Waals surface area contributed by atoms with Crippen LogP contribution >= 0.6 is 15.9 Å². The maximum atomic E-state index is 10.7. The molecule has 0 heterocycles. The first kappa shape index (κ1) is 9.71. The fraction of sp³-hybridized carbons (Fsp3) is 0.364. The van der Waals surface area contributed by atoms with Crippen LogP contribution in [0.2, 0.25) is 0 Å². The van der Waals surface area contributed by atoms with Gasteiger partial charge in [-0.05, 0) is 36.0 Å². The van der Waals surface area contributed by atoms with Gasteiger partial charge in [0.1, 0.15) is 0 Å². The van der Waals surface area contributed by atoms with Crippen molar-refractivity contribution in [3.8, 4) is 0 Å². The van der Waals surface area contributed by atoms with Crippen LogP contribution in [0.1, 0.15) is 29.9 Å². The molecule has 0 radical (unpaired) electrons. The fourth-order valence-electron chi connectivity index (χ4n) is 2.15. The third-order valence-corrected chi connectivity index (χ3v) is 3.43. The van der Waals surface area contributed by atoms with Gasteiger partial charge in [0.15, 0.2) is 0 Å². The number of aryl methyl sites for hydroxylation is 1. The molecule has 0 fully saturated rings. The molecule has 2 rings (SSSR count). The summed E-state index contributed by atoms with van der Waals surface area (Å²) in [7, 11) is 0. The van der Waals surface area contributed by atoms with E-state index >= 15 is 0 Å². The SMILES string of the molecule is O=C(O)CC1CCc2cccc(Br)c21. The second kappa shape index (κ2) is 3.73. The maximum Gasteiger partial charge on any atom is 0.303 e. The van der Waals surface area contributed by atoms with E-state index in [4.69, 9.17) is 5.11 Å². The molecular formula is C11H11BrO2. The summed E-state index contributed by atoms with van der Waals surface area (Å²) in [5.41, 5.74) is 2.50. The summed E-state index contributed by atoms with van der Waals surface area (Å²) < 4.78 is 1.05. The van der Waals surface area contributed by atoms with Crippen molar-refractivity contribution >= 4 is 21.9 Å². The van der Waals surface area contributed by atoms with Gasteiger partial charge in [0.05, 0.1) is 6.42 Å². The van der Waals surface area contributed by atoms with Crippen molar-refractivity contribution in [2.24, 2.45) is 0 Å². The van der Waals surface area contributed by atoms with Crippen LogP contribution < -0.4 is 0 Å². The van der Waals surface area contributed by atoms with Crippen LogP contribution in [0.15, 0.2) is 22.7 Å². The van der Waals surface area contributed by atoms with Crippen molar-refractivity contribution in [1.29, 1.82) is 0 Å². The Labute approximate surface area is 91.1 Å². The van der Waals surface area contributed by atoms with E-state index in [1.165, 1.54) is 11.1 Å². The number of carbonyl (C=O) groups is 1. The Kier molecular flexibility index (Phi) is 2.59. The van der Waals surface area contributed by atoms with Gasteiger partial charge in [0.2, 0.25) is 0 Å². The first-order valence-corrected chi connectivity index (χ1v) is 5.47. The monoisotopic (exact) mass is 254 g/mol. The average Bonchev–Trinajstić information content (AvgIpc) is 2.49. The van der Waals surface area contributed by atoms with Gasteiger partial charge in [-0.1, -0.05) is 28.1 Å². The van der Waals surface area contributed by atoms with E-state index in [0.717, 1.165) is 17.3 Å². The average molecular weight is 255 g/mol. The van der Waals surface area contributed by atoms with Gasteiger partial charge in [0, 0.05) is 4.47 Å². The Morgan fingerprint density at radius 2 is 2.36 bits per heavy atom. The molecule has 1 N–H and O–H groups in total. The number of fused-ring (bicyclic) bond motifs is 1. The smallest absolute Gasteiger partial charge is 0.303 e. The highest BCUT2D eigenvalue weighted by Gasteiger charge is 2.26. The van der Waals surface area contributed by atoms with Crippen molar-refractivity contribution < 1.29 is 9.90 Å². The van der Waals surface area contributed by atoms with Crippen LogP contribution in [0.4, 0.5) is 0 Å². The number of hydrogen-bond acceptors (Lipinski definition) is 1. The van der Waals surface area contributed by atoms with Crippen molar-refractivity contribution in [1.82, 2.24) is 0 Å². The molecule has 2 nitrogen and oxygen atoms in total. The summed E-state index contributed by atoms with van der Waals surface area (Å²) in [6.07, 6.45) is 2.21. The minimum Gasteiger partial charge on any atom is -0.481 e. The topological polar surface area (TPSA) is 37.3 Å². The zero-order valence-electron chi connectivity index (χ0n) is 7.66. The van der Waals surface area contributed by atoms with Crippen LogP contribution in [0.5, 0.6) is 0 Å². The molecule has 1 aromatic carbocycles. The molecule has 1 unspecified atom stereocenters. The Balaban J connectivity index is 2.33. The van der Waals surface area contributed by atoms with E-state index in [1.807, 2.05) is 12.1 Å². The lowest BCUT2D eigenvalue weighted by atomic mass is 9.98. The van der Waals surface area contributed by atoms with Crippen LogP contribution in [-0.4, -0.2) is 11.1 Å². The highest BCUT2D eigenvalue weighted by Crippen LogP contribution is 2.39. The summed E-state index contributed by atoms with van der Waals surface area (Å²) in [5.74, 6) is -0.517. The molecular weight excluding hydrogens is 244 g/mol. The minimum absolute atomic E-state index is 0.193. The molecule has 1 aliphatic rings. The van der Waals surface area contributed by atoms with Gasteiger partial charge in [-0.3, -0.25) is 4.79 Å². The third-order valence-electron chi connectivity index (χ3n) is 2.73. The summed E-state index contributed by atoms with van der Waals surface area (Å²) >= 11 is 3.48. The molecule has 1 aliphatic carbocycles. The molecule has 1 atom stereocenters. The maximum absolute atomic E-state index is 10.7. The van der Waals surface area contributed by atoms with Crippen LogP contribution in [0.25, 0.3) is 0 Å². The Morgan fingerprint density at radius 1 is 1.57 bits per heavy atom. The molecule has 0 saturated heterocycles. The number of aliphatic carboxylic acids is 1. The lowest BCUT2D eigenvalue weighted by molar-refractivity contribution is -0.137. The second-order valence-corrected chi connectivity index (χ2v) is 4.50. The summed E-state index contributed by atoms with van der Waals surface area (Å²) in [6.45, 7) is 0. The fourth-order valence-corrected chi connectivity index (χ4v) is 2.88. The quantitative estimate of drug-likeness (QED) is 0.882. The largest absolute Gasteiger partial charge is 0.481 e. The third kappa shape index (κ3) is 1.69. The van der Waals surface area contributed by atoms with Gasteiger partial charge >= 0.3 is 5.97 Å². The summed E-state index contributed by atoms with van der Waals surface area (Å²) in [5, 5.41) is 8.78. The normalized spacial score (nSPS) is 19.4. The highest BCUT2D eigenvalue weighted by molar-refractivity contribution is 9.10. The Hall–Kier alpha value is -0.830. The second-order valence-electron chi connectivity index (χ2n) is 3.65. The molecule has 0 bridgehead atoms. The number of rotatable bonds is 2. The number of benzene rings is 1. The zero-order chi connectivity index (χ0) is 10.1. The van der Waals surface area contributed by atoms with Crippen molar-refractivity contribution in [3.63, 3.8) is 0 Å². The first-order chi connectivity index (χ1) is 6.68. The number of carboxylic acids is 1. The molecule has 0 amide bonds. The highest BCUT2D eigenvalue weighted by atomic mass is 79.9. The molecule has 14 heavy (non-hydrogen) atoms. The van der Waals surface area contributed by atoms with Crippen molar-refractivity contribution in [2.75, 3.05) is 0 Å². The number of hydrogen-bond donors (Lipinski definition) is 1. The molecule has 0 aliphatic heterocycles. The van der Waals surface area contributed by atoms with Gasteiger partial charge in [-0.15, -0.1) is 0 Å². The zero-order valence-corrected chi connectivity index (χ0v) is 9.25. The van der Waals surface area contributed by atoms with E-state index in [0.29, 0.717) is 0 Å². The number of carboxylic acid groups (broad SMARTS) is 1. The molecule has 74 valence electrons. The predicted molar refractivity (Wildman–Crippen MR) is 57.5 cm³/mol. The molecule has 0 saturated carbocycles. The van der Waals surface area contributed by atoms with E-state index in [1.54, 1.807) is 0 Å². The van der Waals surface area contributed by atoms with Crippen molar-refractivity contribution in [2.45, 2.75) is 25.2 Å². The minimum atomic E-state index is -0.710. The molecule has 1 aromatic rings. The standard InChI is InChI=1S/C11H11BrO2/c12-9-3-1-2-7-4-5-8(11(7)9)6-10(13)14/h1-3,8H,4-6H2,(H,13,14). The summed E-state index contributed by atoms with van der Waals surface area (Å²) in [4.78, 5) is 10.7.